The number of amides is 1. The maximum atomic E-state index is 12.2. The summed E-state index contributed by atoms with van der Waals surface area (Å²) in [7, 11) is 3.18. The molecule has 0 bridgehead atoms. The van der Waals surface area contributed by atoms with Crippen LogP contribution in [0.25, 0.3) is 0 Å². The Kier molecular flexibility index (Phi) is 11.3. The lowest BCUT2D eigenvalue weighted by Gasteiger charge is -2.22. The molecule has 0 heterocycles. The van der Waals surface area contributed by atoms with E-state index >= 15 is 0 Å². The second-order valence-electron chi connectivity index (χ2n) is 5.44. The molecule has 0 atom stereocenters. The van der Waals surface area contributed by atoms with Crippen molar-refractivity contribution in [1.82, 2.24) is 10.2 Å². The van der Waals surface area contributed by atoms with Gasteiger partial charge in [-0.3, -0.25) is 9.59 Å². The fourth-order valence-electron chi connectivity index (χ4n) is 2.08. The molecule has 0 saturated carbocycles. The van der Waals surface area contributed by atoms with E-state index in [1.807, 2.05) is 30.3 Å². The standard InChI is InChI=1S/C18H28N2O5/c1-23-12-9-19-14-17(21)20(11-13-24-2)10-8-18(22)25-15-16-6-4-3-5-7-16/h3-7,19H,8-15H2,1-2H3. The fourth-order valence-corrected chi connectivity index (χ4v) is 2.08. The van der Waals surface area contributed by atoms with E-state index < -0.39 is 0 Å². The molecule has 7 nitrogen and oxygen atoms in total. The molecule has 0 saturated heterocycles. The van der Waals surface area contributed by atoms with Crippen molar-refractivity contribution in [2.24, 2.45) is 0 Å². The minimum atomic E-state index is -0.327. The molecule has 1 aromatic carbocycles. The average Bonchev–Trinajstić information content (AvgIpc) is 2.64. The van der Waals surface area contributed by atoms with E-state index in [2.05, 4.69) is 5.32 Å². The number of nitrogens with zero attached hydrogens (tertiary/aromatic N) is 1. The molecule has 1 amide bonds. The lowest BCUT2D eigenvalue weighted by Crippen LogP contribution is -2.41. The first-order valence-electron chi connectivity index (χ1n) is 8.33. The minimum Gasteiger partial charge on any atom is -0.461 e. The molecule has 0 aromatic heterocycles. The number of carbonyl (C=O) groups excluding carboxylic acids is 2. The lowest BCUT2D eigenvalue weighted by atomic mass is 10.2. The number of hydrogen-bond acceptors (Lipinski definition) is 6. The van der Waals surface area contributed by atoms with E-state index in [4.69, 9.17) is 14.2 Å². The molecule has 0 fully saturated rings. The summed E-state index contributed by atoms with van der Waals surface area (Å²) in [6, 6.07) is 9.49. The molecule has 0 spiro atoms. The highest BCUT2D eigenvalue weighted by atomic mass is 16.5. The van der Waals surface area contributed by atoms with Crippen molar-refractivity contribution < 1.29 is 23.8 Å². The summed E-state index contributed by atoms with van der Waals surface area (Å²) in [5.74, 6) is -0.407. The number of rotatable bonds is 13. The topological polar surface area (TPSA) is 77.1 Å². The van der Waals surface area contributed by atoms with E-state index in [1.165, 1.54) is 0 Å². The molecule has 140 valence electrons. The normalized spacial score (nSPS) is 10.5. The van der Waals surface area contributed by atoms with E-state index in [-0.39, 0.29) is 31.4 Å². The lowest BCUT2D eigenvalue weighted by molar-refractivity contribution is -0.145. The highest BCUT2D eigenvalue weighted by Crippen LogP contribution is 2.02. The van der Waals surface area contributed by atoms with Gasteiger partial charge >= 0.3 is 5.97 Å². The van der Waals surface area contributed by atoms with Crippen LogP contribution in [0.1, 0.15) is 12.0 Å². The Hall–Kier alpha value is -1.96. The Morgan fingerprint density at radius 3 is 2.44 bits per heavy atom. The molecule has 0 aliphatic heterocycles. The number of carbonyl (C=O) groups is 2. The van der Waals surface area contributed by atoms with Gasteiger partial charge in [-0.05, 0) is 5.56 Å². The van der Waals surface area contributed by atoms with Crippen molar-refractivity contribution in [2.45, 2.75) is 13.0 Å². The van der Waals surface area contributed by atoms with Gasteiger partial charge in [-0.25, -0.2) is 0 Å². The largest absolute Gasteiger partial charge is 0.461 e. The van der Waals surface area contributed by atoms with Crippen LogP contribution in [0.2, 0.25) is 0 Å². The van der Waals surface area contributed by atoms with Gasteiger partial charge in [0.25, 0.3) is 0 Å². The Labute approximate surface area is 149 Å². The van der Waals surface area contributed by atoms with Crippen molar-refractivity contribution >= 4 is 11.9 Å². The number of benzene rings is 1. The summed E-state index contributed by atoms with van der Waals surface area (Å²) in [6.45, 7) is 2.74. The van der Waals surface area contributed by atoms with Crippen LogP contribution in [0.3, 0.4) is 0 Å². The Morgan fingerprint density at radius 1 is 1.04 bits per heavy atom. The molecule has 0 aliphatic carbocycles. The molecule has 0 radical (unpaired) electrons. The van der Waals surface area contributed by atoms with Crippen LogP contribution in [0.5, 0.6) is 0 Å². The van der Waals surface area contributed by atoms with E-state index in [1.54, 1.807) is 19.1 Å². The van der Waals surface area contributed by atoms with Crippen LogP contribution in [-0.4, -0.2) is 70.4 Å². The van der Waals surface area contributed by atoms with Crippen LogP contribution in [-0.2, 0) is 30.4 Å². The highest BCUT2D eigenvalue weighted by molar-refractivity contribution is 5.79. The molecule has 25 heavy (non-hydrogen) atoms. The molecule has 0 aliphatic rings. The summed E-state index contributed by atoms with van der Waals surface area (Å²) >= 11 is 0. The molecule has 1 N–H and O–H groups in total. The van der Waals surface area contributed by atoms with E-state index in [0.29, 0.717) is 32.8 Å². The van der Waals surface area contributed by atoms with Crippen LogP contribution >= 0.6 is 0 Å². The van der Waals surface area contributed by atoms with Crippen LogP contribution < -0.4 is 5.32 Å². The van der Waals surface area contributed by atoms with E-state index in [0.717, 1.165) is 5.56 Å². The average molecular weight is 352 g/mol. The summed E-state index contributed by atoms with van der Waals surface area (Å²) < 4.78 is 15.2. The number of hydrogen-bond donors (Lipinski definition) is 1. The van der Waals surface area contributed by atoms with Crippen molar-refractivity contribution in [3.05, 3.63) is 35.9 Å². The number of ether oxygens (including phenoxy) is 3. The fraction of sp³-hybridized carbons (Fsp3) is 0.556. The third kappa shape index (κ3) is 9.81. The van der Waals surface area contributed by atoms with Crippen molar-refractivity contribution in [3.63, 3.8) is 0 Å². The number of methoxy groups -OCH3 is 2. The first-order chi connectivity index (χ1) is 12.2. The Bertz CT molecular complexity index is 495. The smallest absolute Gasteiger partial charge is 0.307 e. The monoisotopic (exact) mass is 352 g/mol. The summed E-state index contributed by atoms with van der Waals surface area (Å²) in [4.78, 5) is 25.7. The molecular weight excluding hydrogens is 324 g/mol. The number of nitrogens with one attached hydrogen (secondary N) is 1. The van der Waals surface area contributed by atoms with Crippen LogP contribution in [0, 0.1) is 0 Å². The maximum Gasteiger partial charge on any atom is 0.307 e. The van der Waals surface area contributed by atoms with Gasteiger partial charge in [-0.15, -0.1) is 0 Å². The molecule has 1 aromatic rings. The summed E-state index contributed by atoms with van der Waals surface area (Å²) in [5.41, 5.74) is 0.936. The van der Waals surface area contributed by atoms with Crippen molar-refractivity contribution in [2.75, 3.05) is 53.6 Å². The van der Waals surface area contributed by atoms with Gasteiger partial charge in [0.05, 0.1) is 26.2 Å². The van der Waals surface area contributed by atoms with Crippen LogP contribution in [0.4, 0.5) is 0 Å². The zero-order chi connectivity index (χ0) is 18.3. The first kappa shape index (κ1) is 21.1. The Balaban J connectivity index is 2.35. The van der Waals surface area contributed by atoms with Gasteiger partial charge < -0.3 is 24.4 Å². The summed E-state index contributed by atoms with van der Waals surface area (Å²) in [5, 5.41) is 3.00. The predicted octanol–water partition coefficient (Wildman–Crippen LogP) is 0.831. The third-order valence-electron chi connectivity index (χ3n) is 3.51. The second kappa shape index (κ2) is 13.3. The van der Waals surface area contributed by atoms with Gasteiger partial charge in [0.1, 0.15) is 6.61 Å². The molecular formula is C18H28N2O5. The van der Waals surface area contributed by atoms with Gasteiger partial charge in [0.15, 0.2) is 0 Å². The Morgan fingerprint density at radius 2 is 1.76 bits per heavy atom. The first-order valence-corrected chi connectivity index (χ1v) is 8.33. The van der Waals surface area contributed by atoms with Crippen LogP contribution in [0.15, 0.2) is 30.3 Å². The van der Waals surface area contributed by atoms with Crippen molar-refractivity contribution in [1.29, 1.82) is 0 Å². The number of esters is 1. The zero-order valence-electron chi connectivity index (χ0n) is 15.0. The highest BCUT2D eigenvalue weighted by Gasteiger charge is 2.15. The minimum absolute atomic E-state index is 0.0796. The van der Waals surface area contributed by atoms with E-state index in [9.17, 15) is 9.59 Å². The van der Waals surface area contributed by atoms with Gasteiger partial charge in [-0.1, -0.05) is 30.3 Å². The SMILES string of the molecule is COCCNCC(=O)N(CCOC)CCC(=O)OCc1ccccc1. The molecule has 1 rings (SSSR count). The van der Waals surface area contributed by atoms with Crippen molar-refractivity contribution in [3.8, 4) is 0 Å². The van der Waals surface area contributed by atoms with Gasteiger partial charge in [-0.2, -0.15) is 0 Å². The molecule has 7 heteroatoms. The maximum absolute atomic E-state index is 12.2. The zero-order valence-corrected chi connectivity index (χ0v) is 15.0. The van der Waals surface area contributed by atoms with Gasteiger partial charge in [0, 0.05) is 33.9 Å². The quantitative estimate of drug-likeness (QED) is 0.419. The summed E-state index contributed by atoms with van der Waals surface area (Å²) in [6.07, 6.45) is 0.153. The second-order valence-corrected chi connectivity index (χ2v) is 5.44. The predicted molar refractivity (Wildman–Crippen MR) is 94.1 cm³/mol. The third-order valence-corrected chi connectivity index (χ3v) is 3.51. The van der Waals surface area contributed by atoms with Gasteiger partial charge in [0.2, 0.25) is 5.91 Å². The molecule has 0 unspecified atom stereocenters.